The van der Waals surface area contributed by atoms with Gasteiger partial charge in [-0.2, -0.15) is 4.98 Å². The maximum atomic E-state index is 13.5. The number of rotatable bonds is 5. The van der Waals surface area contributed by atoms with E-state index in [1.54, 1.807) is 18.2 Å². The number of hydrogen-bond donors (Lipinski definition) is 1. The summed E-state index contributed by atoms with van der Waals surface area (Å²) in [4.78, 5) is 4.29. The second kappa shape index (κ2) is 5.48. The van der Waals surface area contributed by atoms with E-state index in [4.69, 9.17) is 10.3 Å². The van der Waals surface area contributed by atoms with Gasteiger partial charge in [-0.1, -0.05) is 37.2 Å². The van der Waals surface area contributed by atoms with Gasteiger partial charge in [0.2, 0.25) is 5.89 Å². The number of hydrogen-bond acceptors (Lipinski definition) is 4. The maximum absolute atomic E-state index is 13.5. The van der Waals surface area contributed by atoms with E-state index in [0.717, 1.165) is 12.8 Å². The Labute approximate surface area is 111 Å². The Kier molecular flexibility index (Phi) is 3.95. The average Bonchev–Trinajstić information content (AvgIpc) is 2.90. The highest BCUT2D eigenvalue weighted by atomic mass is 19.1. The lowest BCUT2D eigenvalue weighted by Gasteiger charge is -2.21. The van der Waals surface area contributed by atoms with Gasteiger partial charge in [-0.15, -0.1) is 0 Å². The molecule has 4 nitrogen and oxygen atoms in total. The van der Waals surface area contributed by atoms with Crippen LogP contribution in [0.1, 0.15) is 44.0 Å². The molecule has 0 amide bonds. The summed E-state index contributed by atoms with van der Waals surface area (Å²) in [6.45, 7) is 3.97. The van der Waals surface area contributed by atoms with E-state index >= 15 is 0 Å². The van der Waals surface area contributed by atoms with Crippen LogP contribution in [0.3, 0.4) is 0 Å². The third-order valence-corrected chi connectivity index (χ3v) is 3.47. The van der Waals surface area contributed by atoms with Crippen molar-refractivity contribution >= 4 is 0 Å². The Morgan fingerprint density at radius 3 is 2.58 bits per heavy atom. The second-order valence-corrected chi connectivity index (χ2v) is 4.64. The number of halogens is 1. The fourth-order valence-electron chi connectivity index (χ4n) is 1.90. The first-order valence-corrected chi connectivity index (χ1v) is 6.44. The molecule has 0 aliphatic carbocycles. The summed E-state index contributed by atoms with van der Waals surface area (Å²) in [6.07, 6.45) is 1.73. The van der Waals surface area contributed by atoms with Gasteiger partial charge < -0.3 is 10.3 Å². The first-order valence-electron chi connectivity index (χ1n) is 6.44. The fraction of sp³-hybridized carbons (Fsp3) is 0.429. The standard InChI is InChI=1S/C14H18FN3O/c1-3-14(16,4-2)13-17-12(19-18-13)9-10-7-5-6-8-11(10)15/h5-8H,3-4,9,16H2,1-2H3. The molecular formula is C14H18FN3O. The van der Waals surface area contributed by atoms with E-state index in [-0.39, 0.29) is 12.2 Å². The fourth-order valence-corrected chi connectivity index (χ4v) is 1.90. The van der Waals surface area contributed by atoms with E-state index in [9.17, 15) is 4.39 Å². The van der Waals surface area contributed by atoms with Crippen molar-refractivity contribution in [3.8, 4) is 0 Å². The third-order valence-electron chi connectivity index (χ3n) is 3.47. The molecular weight excluding hydrogens is 245 g/mol. The first-order chi connectivity index (χ1) is 9.09. The minimum atomic E-state index is -0.572. The molecule has 0 bridgehead atoms. The SMILES string of the molecule is CCC(N)(CC)c1noc(Cc2ccccc2F)n1. The van der Waals surface area contributed by atoms with Crippen LogP contribution < -0.4 is 5.73 Å². The molecule has 1 aromatic heterocycles. The van der Waals surface area contributed by atoms with Gasteiger partial charge in [-0.25, -0.2) is 4.39 Å². The van der Waals surface area contributed by atoms with Crippen molar-refractivity contribution in [1.29, 1.82) is 0 Å². The summed E-state index contributed by atoms with van der Waals surface area (Å²) in [6, 6.07) is 6.55. The molecule has 0 aliphatic heterocycles. The lowest BCUT2D eigenvalue weighted by Crippen LogP contribution is -2.36. The molecule has 0 aliphatic rings. The Bertz CT molecular complexity index is 549. The van der Waals surface area contributed by atoms with Gasteiger partial charge in [0.15, 0.2) is 5.82 Å². The zero-order valence-corrected chi connectivity index (χ0v) is 11.2. The molecule has 1 heterocycles. The molecule has 19 heavy (non-hydrogen) atoms. The molecule has 0 spiro atoms. The maximum Gasteiger partial charge on any atom is 0.231 e. The Balaban J connectivity index is 2.21. The van der Waals surface area contributed by atoms with Crippen molar-refractivity contribution in [1.82, 2.24) is 10.1 Å². The summed E-state index contributed by atoms with van der Waals surface area (Å²) >= 11 is 0. The van der Waals surface area contributed by atoms with Crippen molar-refractivity contribution in [3.05, 3.63) is 47.4 Å². The highest BCUT2D eigenvalue weighted by molar-refractivity contribution is 5.20. The van der Waals surface area contributed by atoms with E-state index in [2.05, 4.69) is 10.1 Å². The molecule has 5 heteroatoms. The van der Waals surface area contributed by atoms with Crippen LogP contribution in [0, 0.1) is 5.82 Å². The van der Waals surface area contributed by atoms with E-state index < -0.39 is 5.54 Å². The molecule has 0 saturated carbocycles. The average molecular weight is 263 g/mol. The minimum absolute atomic E-state index is 0.271. The quantitative estimate of drug-likeness (QED) is 0.900. The van der Waals surface area contributed by atoms with Crippen molar-refractivity contribution in [2.24, 2.45) is 5.73 Å². The summed E-state index contributed by atoms with van der Waals surface area (Å²) in [5.74, 6) is 0.605. The monoisotopic (exact) mass is 263 g/mol. The molecule has 0 fully saturated rings. The van der Waals surface area contributed by atoms with E-state index in [0.29, 0.717) is 17.3 Å². The van der Waals surface area contributed by atoms with Crippen molar-refractivity contribution in [2.75, 3.05) is 0 Å². The van der Waals surface area contributed by atoms with Crippen LogP contribution in [0.4, 0.5) is 4.39 Å². The van der Waals surface area contributed by atoms with Crippen LogP contribution in [0.2, 0.25) is 0 Å². The lowest BCUT2D eigenvalue weighted by molar-refractivity contribution is 0.337. The summed E-state index contributed by atoms with van der Waals surface area (Å²) in [5.41, 5.74) is 6.16. The summed E-state index contributed by atoms with van der Waals surface area (Å²) in [5, 5.41) is 3.92. The topological polar surface area (TPSA) is 64.9 Å². The Hall–Kier alpha value is -1.75. The third kappa shape index (κ3) is 2.81. The smallest absolute Gasteiger partial charge is 0.231 e. The van der Waals surface area contributed by atoms with Crippen LogP contribution >= 0.6 is 0 Å². The molecule has 102 valence electrons. The van der Waals surface area contributed by atoms with Crippen LogP contribution in [-0.4, -0.2) is 10.1 Å². The first kappa shape index (κ1) is 13.7. The van der Waals surface area contributed by atoms with Crippen LogP contribution in [0.15, 0.2) is 28.8 Å². The van der Waals surface area contributed by atoms with Gasteiger partial charge in [0.05, 0.1) is 12.0 Å². The van der Waals surface area contributed by atoms with Crippen molar-refractivity contribution < 1.29 is 8.91 Å². The summed E-state index contributed by atoms with van der Waals surface area (Å²) < 4.78 is 18.7. The molecule has 0 atom stereocenters. The lowest BCUT2D eigenvalue weighted by atomic mass is 9.93. The van der Waals surface area contributed by atoms with Crippen LogP contribution in [0.5, 0.6) is 0 Å². The van der Waals surface area contributed by atoms with Crippen molar-refractivity contribution in [2.45, 2.75) is 38.6 Å². The number of aromatic nitrogens is 2. The molecule has 1 aromatic carbocycles. The number of nitrogens with two attached hydrogens (primary N) is 1. The zero-order valence-electron chi connectivity index (χ0n) is 11.2. The largest absolute Gasteiger partial charge is 0.339 e. The highest BCUT2D eigenvalue weighted by Gasteiger charge is 2.29. The van der Waals surface area contributed by atoms with Gasteiger partial charge in [0.1, 0.15) is 5.82 Å². The number of nitrogens with zero attached hydrogens (tertiary/aromatic N) is 2. The minimum Gasteiger partial charge on any atom is -0.339 e. The summed E-state index contributed by atoms with van der Waals surface area (Å²) in [7, 11) is 0. The predicted molar refractivity (Wildman–Crippen MR) is 70.0 cm³/mol. The zero-order chi connectivity index (χ0) is 13.9. The molecule has 2 rings (SSSR count). The van der Waals surface area contributed by atoms with Crippen LogP contribution in [0.25, 0.3) is 0 Å². The molecule has 0 radical (unpaired) electrons. The van der Waals surface area contributed by atoms with Gasteiger partial charge in [0, 0.05) is 0 Å². The second-order valence-electron chi connectivity index (χ2n) is 4.64. The molecule has 0 unspecified atom stereocenters. The van der Waals surface area contributed by atoms with E-state index in [1.807, 2.05) is 13.8 Å². The van der Waals surface area contributed by atoms with Gasteiger partial charge in [-0.3, -0.25) is 0 Å². The van der Waals surface area contributed by atoms with Crippen molar-refractivity contribution in [3.63, 3.8) is 0 Å². The normalized spacial score (nSPS) is 11.8. The van der Waals surface area contributed by atoms with Gasteiger partial charge in [-0.05, 0) is 24.5 Å². The highest BCUT2D eigenvalue weighted by Crippen LogP contribution is 2.23. The predicted octanol–water partition coefficient (Wildman–Crippen LogP) is 2.77. The Morgan fingerprint density at radius 1 is 1.26 bits per heavy atom. The molecule has 2 N–H and O–H groups in total. The number of benzene rings is 1. The van der Waals surface area contributed by atoms with Gasteiger partial charge in [0.25, 0.3) is 0 Å². The van der Waals surface area contributed by atoms with Crippen LogP contribution in [-0.2, 0) is 12.0 Å². The molecule has 0 saturated heterocycles. The van der Waals surface area contributed by atoms with Gasteiger partial charge >= 0.3 is 0 Å². The Morgan fingerprint density at radius 2 is 1.95 bits per heavy atom. The molecule has 2 aromatic rings. The van der Waals surface area contributed by atoms with E-state index in [1.165, 1.54) is 6.07 Å².